The molecule has 3 rings (SSSR count). The van der Waals surface area contributed by atoms with Gasteiger partial charge in [-0.3, -0.25) is 4.72 Å². The molecule has 0 atom stereocenters. The SMILES string of the molecule is O=S(=O)(Nc1ccc(F)c(C#Cc2cnc(Cl)nc2)c1F)c1cc(Cl)ccc1Cl. The van der Waals surface area contributed by atoms with Gasteiger partial charge in [-0.05, 0) is 41.9 Å². The number of benzene rings is 2. The zero-order chi connectivity index (χ0) is 21.2. The van der Waals surface area contributed by atoms with Crippen molar-refractivity contribution in [1.82, 2.24) is 9.97 Å². The standard InChI is InChI=1S/C18H8Cl3F2N3O2S/c19-11-2-4-13(20)16(7-11)29(27,28)26-15-6-5-14(22)12(17(15)23)3-1-10-8-24-18(21)25-9-10/h2,4-9,26H. The summed E-state index contributed by atoms with van der Waals surface area (Å²) in [4.78, 5) is 7.04. The van der Waals surface area contributed by atoms with Crippen LogP contribution in [-0.4, -0.2) is 18.4 Å². The van der Waals surface area contributed by atoms with Crippen molar-refractivity contribution < 1.29 is 17.2 Å². The van der Waals surface area contributed by atoms with Gasteiger partial charge in [0.2, 0.25) is 5.28 Å². The third-order valence-corrected chi connectivity index (χ3v) is 5.75. The fourth-order valence-corrected chi connectivity index (χ4v) is 4.06. The van der Waals surface area contributed by atoms with Crippen molar-refractivity contribution in [3.63, 3.8) is 0 Å². The van der Waals surface area contributed by atoms with Crippen LogP contribution >= 0.6 is 34.8 Å². The maximum absolute atomic E-state index is 14.7. The van der Waals surface area contributed by atoms with E-state index in [0.717, 1.165) is 18.2 Å². The Bertz CT molecular complexity index is 1260. The lowest BCUT2D eigenvalue weighted by atomic mass is 10.1. The van der Waals surface area contributed by atoms with Crippen LogP contribution in [0, 0.1) is 23.5 Å². The fourth-order valence-electron chi connectivity index (χ4n) is 2.14. The Morgan fingerprint density at radius 3 is 2.34 bits per heavy atom. The smallest absolute Gasteiger partial charge is 0.263 e. The molecule has 0 bridgehead atoms. The quantitative estimate of drug-likeness (QED) is 0.432. The van der Waals surface area contributed by atoms with Gasteiger partial charge in [-0.25, -0.2) is 27.2 Å². The van der Waals surface area contributed by atoms with Crippen LogP contribution in [-0.2, 0) is 10.0 Å². The lowest BCUT2D eigenvalue weighted by molar-refractivity contribution is 0.578. The molecule has 0 spiro atoms. The highest BCUT2D eigenvalue weighted by Gasteiger charge is 2.22. The van der Waals surface area contributed by atoms with Crippen molar-refractivity contribution in [3.8, 4) is 11.8 Å². The summed E-state index contributed by atoms with van der Waals surface area (Å²) in [7, 11) is -4.30. The molecule has 1 N–H and O–H groups in total. The molecule has 5 nitrogen and oxygen atoms in total. The van der Waals surface area contributed by atoms with Gasteiger partial charge in [0, 0.05) is 17.4 Å². The van der Waals surface area contributed by atoms with E-state index in [-0.39, 0.29) is 25.8 Å². The topological polar surface area (TPSA) is 72.0 Å². The number of hydrogen-bond acceptors (Lipinski definition) is 4. The zero-order valence-electron chi connectivity index (χ0n) is 14.1. The predicted octanol–water partition coefficient (Wildman–Crippen LogP) is 4.92. The van der Waals surface area contributed by atoms with Crippen molar-refractivity contribution >= 4 is 50.5 Å². The van der Waals surface area contributed by atoms with E-state index < -0.39 is 32.9 Å². The van der Waals surface area contributed by atoms with Gasteiger partial charge in [0.15, 0.2) is 5.82 Å². The minimum atomic E-state index is -4.30. The van der Waals surface area contributed by atoms with Gasteiger partial charge in [0.25, 0.3) is 10.0 Å². The molecule has 0 amide bonds. The first-order chi connectivity index (χ1) is 13.7. The third-order valence-electron chi connectivity index (χ3n) is 3.47. The van der Waals surface area contributed by atoms with Crippen LogP contribution in [0.5, 0.6) is 0 Å². The van der Waals surface area contributed by atoms with E-state index in [1.165, 1.54) is 24.5 Å². The van der Waals surface area contributed by atoms with Crippen molar-refractivity contribution in [2.75, 3.05) is 4.72 Å². The van der Waals surface area contributed by atoms with Crippen LogP contribution in [0.3, 0.4) is 0 Å². The Hall–Kier alpha value is -2.44. The van der Waals surface area contributed by atoms with Crippen LogP contribution in [0.1, 0.15) is 11.1 Å². The summed E-state index contributed by atoms with van der Waals surface area (Å²) in [6.07, 6.45) is 2.54. The van der Waals surface area contributed by atoms with E-state index >= 15 is 0 Å². The van der Waals surface area contributed by atoms with E-state index in [2.05, 4.69) is 21.8 Å². The van der Waals surface area contributed by atoms with Crippen LogP contribution < -0.4 is 4.72 Å². The van der Waals surface area contributed by atoms with E-state index in [0.29, 0.717) is 0 Å². The molecule has 0 saturated heterocycles. The number of rotatable bonds is 3. The summed E-state index contributed by atoms with van der Waals surface area (Å²) >= 11 is 17.3. The average Bonchev–Trinajstić information content (AvgIpc) is 2.67. The summed E-state index contributed by atoms with van der Waals surface area (Å²) in [5, 5.41) is -0.0118. The molecular weight excluding hydrogens is 467 g/mol. The van der Waals surface area contributed by atoms with Crippen molar-refractivity contribution in [1.29, 1.82) is 0 Å². The van der Waals surface area contributed by atoms with Gasteiger partial charge >= 0.3 is 0 Å². The minimum Gasteiger partial charge on any atom is -0.277 e. The van der Waals surface area contributed by atoms with Crippen LogP contribution in [0.15, 0.2) is 47.6 Å². The number of nitrogens with zero attached hydrogens (tertiary/aromatic N) is 2. The summed E-state index contributed by atoms with van der Waals surface area (Å²) in [5.74, 6) is 2.60. The molecule has 0 aliphatic carbocycles. The van der Waals surface area contributed by atoms with Crippen molar-refractivity contribution in [2.24, 2.45) is 0 Å². The van der Waals surface area contributed by atoms with Gasteiger partial charge in [0.05, 0.1) is 21.8 Å². The maximum atomic E-state index is 14.7. The largest absolute Gasteiger partial charge is 0.277 e. The summed E-state index contributed by atoms with van der Waals surface area (Å²) in [6, 6.07) is 5.59. The minimum absolute atomic E-state index is 0.0102. The molecule has 29 heavy (non-hydrogen) atoms. The Kier molecular flexibility index (Phi) is 6.24. The molecule has 0 fully saturated rings. The van der Waals surface area contributed by atoms with Crippen molar-refractivity contribution in [3.05, 3.63) is 80.8 Å². The molecule has 2 aromatic carbocycles. The molecular formula is C18H8Cl3F2N3O2S. The first-order valence-corrected chi connectivity index (χ1v) is 10.2. The third kappa shape index (κ3) is 4.95. The Morgan fingerprint density at radius 1 is 0.966 bits per heavy atom. The number of hydrogen-bond donors (Lipinski definition) is 1. The summed E-state index contributed by atoms with van der Waals surface area (Å²) in [5.41, 5.74) is -0.902. The highest BCUT2D eigenvalue weighted by molar-refractivity contribution is 7.92. The Labute approximate surface area is 179 Å². The normalized spacial score (nSPS) is 10.9. The first kappa shape index (κ1) is 21.3. The van der Waals surface area contributed by atoms with Crippen molar-refractivity contribution in [2.45, 2.75) is 4.90 Å². The first-order valence-electron chi connectivity index (χ1n) is 7.63. The number of nitrogens with one attached hydrogen (secondary N) is 1. The highest BCUT2D eigenvalue weighted by atomic mass is 35.5. The molecule has 1 heterocycles. The lowest BCUT2D eigenvalue weighted by Gasteiger charge is -2.11. The van der Waals surface area contributed by atoms with E-state index in [9.17, 15) is 17.2 Å². The van der Waals surface area contributed by atoms with Gasteiger partial charge < -0.3 is 0 Å². The van der Waals surface area contributed by atoms with Crippen LogP contribution in [0.4, 0.5) is 14.5 Å². The van der Waals surface area contributed by atoms with Crippen LogP contribution in [0.25, 0.3) is 0 Å². The monoisotopic (exact) mass is 473 g/mol. The summed E-state index contributed by atoms with van der Waals surface area (Å²) in [6.45, 7) is 0. The number of anilines is 1. The second-order valence-electron chi connectivity index (χ2n) is 5.45. The van der Waals surface area contributed by atoms with E-state index in [1.807, 2.05) is 4.72 Å². The average molecular weight is 475 g/mol. The van der Waals surface area contributed by atoms with Gasteiger partial charge in [-0.1, -0.05) is 35.0 Å². The predicted molar refractivity (Wildman–Crippen MR) is 107 cm³/mol. The Morgan fingerprint density at radius 2 is 1.66 bits per heavy atom. The molecule has 0 radical (unpaired) electrons. The second kappa shape index (κ2) is 8.51. The Balaban J connectivity index is 1.99. The van der Waals surface area contributed by atoms with Gasteiger partial charge in [0.1, 0.15) is 10.7 Å². The number of sulfonamides is 1. The lowest BCUT2D eigenvalue weighted by Crippen LogP contribution is -2.15. The second-order valence-corrected chi connectivity index (χ2v) is 8.29. The number of halogens is 5. The molecule has 148 valence electrons. The van der Waals surface area contributed by atoms with Gasteiger partial charge in [-0.2, -0.15) is 0 Å². The molecule has 0 saturated carbocycles. The highest BCUT2D eigenvalue weighted by Crippen LogP contribution is 2.28. The molecule has 3 aromatic rings. The molecule has 0 unspecified atom stereocenters. The maximum Gasteiger partial charge on any atom is 0.263 e. The van der Waals surface area contributed by atoms with E-state index in [1.54, 1.807) is 0 Å². The molecule has 11 heteroatoms. The molecule has 0 aliphatic rings. The molecule has 1 aromatic heterocycles. The van der Waals surface area contributed by atoms with E-state index in [4.69, 9.17) is 34.8 Å². The van der Waals surface area contributed by atoms with Crippen LogP contribution in [0.2, 0.25) is 15.3 Å². The van der Waals surface area contributed by atoms with Gasteiger partial charge in [-0.15, -0.1) is 0 Å². The molecule has 0 aliphatic heterocycles. The fraction of sp³-hybridized carbons (Fsp3) is 0. The number of aromatic nitrogens is 2. The zero-order valence-corrected chi connectivity index (χ0v) is 17.1. The summed E-state index contributed by atoms with van der Waals surface area (Å²) < 4.78 is 55.9.